The van der Waals surface area contributed by atoms with Crippen LogP contribution >= 0.6 is 0 Å². The molecule has 0 aliphatic carbocycles. The number of ketones is 1. The lowest BCUT2D eigenvalue weighted by molar-refractivity contribution is -0.125. The molecular formula is C13H25NO2. The van der Waals surface area contributed by atoms with Crippen molar-refractivity contribution < 1.29 is 9.59 Å². The smallest absolute Gasteiger partial charge is 0.222 e. The number of carbonyl (C=O) groups is 2. The summed E-state index contributed by atoms with van der Waals surface area (Å²) in [7, 11) is 0. The van der Waals surface area contributed by atoms with Crippen molar-refractivity contribution in [3.8, 4) is 0 Å². The number of hydrogen-bond acceptors (Lipinski definition) is 2. The Bertz CT molecular complexity index is 202. The van der Waals surface area contributed by atoms with Crippen LogP contribution in [-0.4, -0.2) is 18.2 Å². The van der Waals surface area contributed by atoms with Crippen molar-refractivity contribution in [2.45, 2.75) is 53.4 Å². The molecular weight excluding hydrogens is 202 g/mol. The Kier molecular flexibility index (Phi) is 7.86. The molecule has 3 heteroatoms. The van der Waals surface area contributed by atoms with Crippen molar-refractivity contribution in [1.82, 2.24) is 5.32 Å². The lowest BCUT2D eigenvalue weighted by Crippen LogP contribution is -2.30. The first-order valence-electron chi connectivity index (χ1n) is 6.33. The highest BCUT2D eigenvalue weighted by Gasteiger charge is 2.11. The lowest BCUT2D eigenvalue weighted by Gasteiger charge is -2.10. The van der Waals surface area contributed by atoms with Gasteiger partial charge in [0.05, 0.1) is 0 Å². The molecule has 0 aliphatic rings. The van der Waals surface area contributed by atoms with Gasteiger partial charge in [-0.15, -0.1) is 0 Å². The van der Waals surface area contributed by atoms with Crippen LogP contribution in [0, 0.1) is 11.8 Å². The maximum atomic E-state index is 11.5. The van der Waals surface area contributed by atoms with E-state index in [4.69, 9.17) is 0 Å². The maximum Gasteiger partial charge on any atom is 0.222 e. The predicted molar refractivity (Wildman–Crippen MR) is 66.2 cm³/mol. The Morgan fingerprint density at radius 1 is 1.06 bits per heavy atom. The van der Waals surface area contributed by atoms with Crippen LogP contribution in [0.5, 0.6) is 0 Å². The molecule has 0 radical (unpaired) electrons. The minimum absolute atomic E-state index is 0.0743. The zero-order chi connectivity index (χ0) is 12.6. The van der Waals surface area contributed by atoms with E-state index in [0.29, 0.717) is 18.7 Å². The molecule has 94 valence electrons. The zero-order valence-electron chi connectivity index (χ0n) is 11.0. The SMILES string of the molecule is CCC(C)C(=O)CCCNC(=O)C(C)CC. The lowest BCUT2D eigenvalue weighted by atomic mass is 10.00. The first-order valence-corrected chi connectivity index (χ1v) is 6.33. The van der Waals surface area contributed by atoms with E-state index in [9.17, 15) is 9.59 Å². The van der Waals surface area contributed by atoms with Gasteiger partial charge in [-0.25, -0.2) is 0 Å². The highest BCUT2D eigenvalue weighted by Crippen LogP contribution is 2.06. The number of nitrogens with one attached hydrogen (secondary N) is 1. The van der Waals surface area contributed by atoms with Gasteiger partial charge in [0, 0.05) is 24.8 Å². The molecule has 16 heavy (non-hydrogen) atoms. The minimum atomic E-state index is 0.0743. The summed E-state index contributed by atoms with van der Waals surface area (Å²) in [5.74, 6) is 0.634. The number of rotatable bonds is 8. The fraction of sp³-hybridized carbons (Fsp3) is 0.846. The second kappa shape index (κ2) is 8.31. The molecule has 0 saturated heterocycles. The topological polar surface area (TPSA) is 46.2 Å². The second-order valence-corrected chi connectivity index (χ2v) is 4.48. The van der Waals surface area contributed by atoms with Gasteiger partial charge in [-0.3, -0.25) is 9.59 Å². The van der Waals surface area contributed by atoms with Crippen molar-refractivity contribution in [3.05, 3.63) is 0 Å². The maximum absolute atomic E-state index is 11.5. The van der Waals surface area contributed by atoms with E-state index >= 15 is 0 Å². The molecule has 0 aromatic heterocycles. The molecule has 2 atom stereocenters. The number of carbonyl (C=O) groups excluding carboxylic acids is 2. The van der Waals surface area contributed by atoms with E-state index in [0.717, 1.165) is 19.3 Å². The van der Waals surface area contributed by atoms with Crippen molar-refractivity contribution in [3.63, 3.8) is 0 Å². The van der Waals surface area contributed by atoms with Crippen LogP contribution in [0.2, 0.25) is 0 Å². The van der Waals surface area contributed by atoms with Crippen molar-refractivity contribution >= 4 is 11.7 Å². The van der Waals surface area contributed by atoms with E-state index in [1.807, 2.05) is 27.7 Å². The Hall–Kier alpha value is -0.860. The third kappa shape index (κ3) is 5.89. The molecule has 0 rings (SSSR count). The molecule has 0 aliphatic heterocycles. The number of Topliss-reactive ketones (excluding diaryl/α,β-unsaturated/α-hetero) is 1. The van der Waals surface area contributed by atoms with Crippen LogP contribution in [0.15, 0.2) is 0 Å². The number of amides is 1. The van der Waals surface area contributed by atoms with Gasteiger partial charge < -0.3 is 5.32 Å². The summed E-state index contributed by atoms with van der Waals surface area (Å²) in [6.45, 7) is 8.51. The zero-order valence-corrected chi connectivity index (χ0v) is 11.0. The van der Waals surface area contributed by atoms with Crippen molar-refractivity contribution in [2.24, 2.45) is 11.8 Å². The molecule has 0 aromatic carbocycles. The Labute approximate surface area is 99.0 Å². The fourth-order valence-corrected chi connectivity index (χ4v) is 1.31. The standard InChI is InChI=1S/C13H25NO2/c1-5-10(3)12(15)8-7-9-14-13(16)11(4)6-2/h10-11H,5-9H2,1-4H3,(H,14,16). The normalized spacial score (nSPS) is 14.2. The predicted octanol–water partition coefficient (Wildman–Crippen LogP) is 2.54. The van der Waals surface area contributed by atoms with Crippen LogP contribution < -0.4 is 5.32 Å². The Morgan fingerprint density at radius 2 is 1.62 bits per heavy atom. The fourth-order valence-electron chi connectivity index (χ4n) is 1.31. The third-order valence-electron chi connectivity index (χ3n) is 3.12. The van der Waals surface area contributed by atoms with Crippen LogP contribution in [0.1, 0.15) is 53.4 Å². The van der Waals surface area contributed by atoms with Gasteiger partial charge in [0.2, 0.25) is 5.91 Å². The first kappa shape index (κ1) is 15.1. The molecule has 0 saturated carbocycles. The monoisotopic (exact) mass is 227 g/mol. The van der Waals surface area contributed by atoms with Gasteiger partial charge >= 0.3 is 0 Å². The molecule has 0 heterocycles. The first-order chi connectivity index (χ1) is 7.52. The summed E-state index contributed by atoms with van der Waals surface area (Å²) in [5.41, 5.74) is 0. The molecule has 0 spiro atoms. The largest absolute Gasteiger partial charge is 0.356 e. The highest BCUT2D eigenvalue weighted by molar-refractivity contribution is 5.81. The Balaban J connectivity index is 3.61. The molecule has 2 unspecified atom stereocenters. The summed E-state index contributed by atoms with van der Waals surface area (Å²) in [6, 6.07) is 0. The minimum Gasteiger partial charge on any atom is -0.356 e. The van der Waals surface area contributed by atoms with Crippen LogP contribution in [-0.2, 0) is 9.59 Å². The molecule has 0 aromatic rings. The highest BCUT2D eigenvalue weighted by atomic mass is 16.1. The van der Waals surface area contributed by atoms with Crippen LogP contribution in [0.4, 0.5) is 0 Å². The van der Waals surface area contributed by atoms with Crippen molar-refractivity contribution in [2.75, 3.05) is 6.54 Å². The van der Waals surface area contributed by atoms with E-state index in [1.165, 1.54) is 0 Å². The number of hydrogen-bond donors (Lipinski definition) is 1. The molecule has 0 fully saturated rings. The van der Waals surface area contributed by atoms with Gasteiger partial charge in [-0.05, 0) is 19.3 Å². The third-order valence-corrected chi connectivity index (χ3v) is 3.12. The summed E-state index contributed by atoms with van der Waals surface area (Å²) in [4.78, 5) is 22.9. The van der Waals surface area contributed by atoms with Crippen molar-refractivity contribution in [1.29, 1.82) is 0 Å². The average Bonchev–Trinajstić information content (AvgIpc) is 2.31. The van der Waals surface area contributed by atoms with Gasteiger partial charge in [-0.2, -0.15) is 0 Å². The molecule has 1 N–H and O–H groups in total. The summed E-state index contributed by atoms with van der Waals surface area (Å²) in [6.07, 6.45) is 3.09. The summed E-state index contributed by atoms with van der Waals surface area (Å²) in [5, 5.41) is 2.85. The summed E-state index contributed by atoms with van der Waals surface area (Å²) < 4.78 is 0. The van der Waals surface area contributed by atoms with Crippen LogP contribution in [0.3, 0.4) is 0 Å². The van der Waals surface area contributed by atoms with Gasteiger partial charge in [0.25, 0.3) is 0 Å². The van der Waals surface area contributed by atoms with E-state index < -0.39 is 0 Å². The van der Waals surface area contributed by atoms with E-state index in [1.54, 1.807) is 0 Å². The molecule has 0 bridgehead atoms. The summed E-state index contributed by atoms with van der Waals surface area (Å²) >= 11 is 0. The molecule has 3 nitrogen and oxygen atoms in total. The van der Waals surface area contributed by atoms with Gasteiger partial charge in [0.15, 0.2) is 0 Å². The van der Waals surface area contributed by atoms with Gasteiger partial charge in [-0.1, -0.05) is 27.7 Å². The second-order valence-electron chi connectivity index (χ2n) is 4.48. The van der Waals surface area contributed by atoms with E-state index in [-0.39, 0.29) is 17.7 Å². The Morgan fingerprint density at radius 3 is 2.12 bits per heavy atom. The average molecular weight is 227 g/mol. The quantitative estimate of drug-likeness (QED) is 0.648. The van der Waals surface area contributed by atoms with Gasteiger partial charge in [0.1, 0.15) is 5.78 Å². The van der Waals surface area contributed by atoms with E-state index in [2.05, 4.69) is 5.32 Å². The van der Waals surface area contributed by atoms with Crippen LogP contribution in [0.25, 0.3) is 0 Å². The molecule has 1 amide bonds.